The van der Waals surface area contributed by atoms with Crippen LogP contribution in [0.5, 0.6) is 0 Å². The number of hydrogen-bond donors (Lipinski definition) is 2. The fourth-order valence-corrected chi connectivity index (χ4v) is 3.31. The third kappa shape index (κ3) is 7.58. The van der Waals surface area contributed by atoms with Gasteiger partial charge in [0.15, 0.2) is 5.96 Å². The lowest BCUT2D eigenvalue weighted by Gasteiger charge is -2.26. The summed E-state index contributed by atoms with van der Waals surface area (Å²) in [6, 6.07) is 16.5. The van der Waals surface area contributed by atoms with Crippen LogP contribution in [0, 0.1) is 0 Å². The Morgan fingerprint density at radius 1 is 1.00 bits per heavy atom. The highest BCUT2D eigenvalue weighted by atomic mass is 127. The Kier molecular flexibility index (Phi) is 10.0. The van der Waals surface area contributed by atoms with Crippen molar-refractivity contribution in [1.82, 2.24) is 15.5 Å². The molecule has 3 rings (SSSR count). The number of guanidine groups is 1. The molecule has 1 aliphatic heterocycles. The molecule has 1 saturated heterocycles. The van der Waals surface area contributed by atoms with Gasteiger partial charge in [-0.2, -0.15) is 0 Å². The van der Waals surface area contributed by atoms with Crippen molar-refractivity contribution in [3.8, 4) is 0 Å². The smallest absolute Gasteiger partial charge is 0.191 e. The summed E-state index contributed by atoms with van der Waals surface area (Å²) in [5, 5.41) is 7.44. The van der Waals surface area contributed by atoms with E-state index in [0.29, 0.717) is 6.54 Å². The third-order valence-corrected chi connectivity index (χ3v) is 4.77. The summed E-state index contributed by atoms with van der Waals surface area (Å²) in [7, 11) is 1.78. The highest BCUT2D eigenvalue weighted by molar-refractivity contribution is 14.0. The van der Waals surface area contributed by atoms with Gasteiger partial charge in [-0.05, 0) is 28.8 Å². The summed E-state index contributed by atoms with van der Waals surface area (Å²) >= 11 is 6.04. The van der Waals surface area contributed by atoms with E-state index in [-0.39, 0.29) is 24.0 Å². The van der Waals surface area contributed by atoms with Crippen molar-refractivity contribution in [3.63, 3.8) is 0 Å². The predicted octanol–water partition coefficient (Wildman–Crippen LogP) is 3.66. The van der Waals surface area contributed by atoms with E-state index >= 15 is 0 Å². The van der Waals surface area contributed by atoms with E-state index in [1.807, 2.05) is 24.3 Å². The molecule has 0 aromatic heterocycles. The van der Waals surface area contributed by atoms with Crippen molar-refractivity contribution < 1.29 is 4.74 Å². The molecule has 28 heavy (non-hydrogen) atoms. The lowest BCUT2D eigenvalue weighted by molar-refractivity contribution is 0.0342. The van der Waals surface area contributed by atoms with Crippen LogP contribution in [0.1, 0.15) is 16.7 Å². The fourth-order valence-electron chi connectivity index (χ4n) is 3.09. The number of benzene rings is 2. The monoisotopic (exact) mass is 514 g/mol. The zero-order valence-corrected chi connectivity index (χ0v) is 19.2. The van der Waals surface area contributed by atoms with Gasteiger partial charge in [-0.25, -0.2) is 0 Å². The summed E-state index contributed by atoms with van der Waals surface area (Å²) in [5.74, 6) is 0.772. The second-order valence-corrected chi connectivity index (χ2v) is 7.05. The largest absolute Gasteiger partial charge is 0.379 e. The number of hydrogen-bond acceptors (Lipinski definition) is 3. The van der Waals surface area contributed by atoms with E-state index in [0.717, 1.165) is 55.9 Å². The first kappa shape index (κ1) is 22.9. The highest BCUT2D eigenvalue weighted by Gasteiger charge is 2.10. The van der Waals surface area contributed by atoms with Gasteiger partial charge in [0, 0.05) is 44.8 Å². The van der Waals surface area contributed by atoms with Crippen molar-refractivity contribution in [2.45, 2.75) is 19.6 Å². The first-order chi connectivity index (χ1) is 13.2. The van der Waals surface area contributed by atoms with Crippen molar-refractivity contribution in [1.29, 1.82) is 0 Å². The zero-order valence-electron chi connectivity index (χ0n) is 16.2. The van der Waals surface area contributed by atoms with Crippen LogP contribution >= 0.6 is 35.6 Å². The first-order valence-corrected chi connectivity index (χ1v) is 9.67. The van der Waals surface area contributed by atoms with Crippen LogP contribution < -0.4 is 10.6 Å². The lowest BCUT2D eigenvalue weighted by Crippen LogP contribution is -2.36. The number of rotatable bonds is 6. The minimum absolute atomic E-state index is 0. The van der Waals surface area contributed by atoms with E-state index in [9.17, 15) is 0 Å². The van der Waals surface area contributed by atoms with E-state index in [1.165, 1.54) is 11.1 Å². The molecule has 0 unspecified atom stereocenters. The summed E-state index contributed by atoms with van der Waals surface area (Å²) in [4.78, 5) is 6.73. The van der Waals surface area contributed by atoms with Crippen molar-refractivity contribution >= 4 is 41.5 Å². The zero-order chi connectivity index (χ0) is 18.9. The minimum Gasteiger partial charge on any atom is -0.379 e. The fraction of sp³-hybridized carbons (Fsp3) is 0.381. The summed E-state index contributed by atoms with van der Waals surface area (Å²) in [5.41, 5.74) is 3.70. The molecule has 0 radical (unpaired) electrons. The average molecular weight is 515 g/mol. The molecule has 0 spiro atoms. The van der Waals surface area contributed by atoms with Gasteiger partial charge in [-0.1, -0.05) is 48.0 Å². The third-order valence-electron chi connectivity index (χ3n) is 4.53. The molecule has 2 N–H and O–H groups in total. The van der Waals surface area contributed by atoms with Crippen molar-refractivity contribution in [3.05, 3.63) is 70.2 Å². The molecule has 2 aromatic carbocycles. The van der Waals surface area contributed by atoms with E-state index < -0.39 is 0 Å². The molecule has 7 heteroatoms. The molecule has 0 saturated carbocycles. The SMILES string of the molecule is CN=C(NCc1cccc(Cl)c1)NCc1cccc(CN2CCOCC2)c1.I. The number of aliphatic imine (C=N–C) groups is 1. The maximum absolute atomic E-state index is 6.04. The number of morpholine rings is 1. The Labute approximate surface area is 189 Å². The maximum Gasteiger partial charge on any atom is 0.191 e. The van der Waals surface area contributed by atoms with Crippen molar-refractivity contribution in [2.75, 3.05) is 33.4 Å². The van der Waals surface area contributed by atoms with E-state index in [1.54, 1.807) is 7.05 Å². The number of ether oxygens (including phenoxy) is 1. The standard InChI is InChI=1S/C21H27ClN4O.HI/c1-23-21(25-15-18-5-3-7-20(22)13-18)24-14-17-4-2-6-19(12-17)16-26-8-10-27-11-9-26;/h2-7,12-13H,8-11,14-16H2,1H3,(H2,23,24,25);1H. The first-order valence-electron chi connectivity index (χ1n) is 9.30. The lowest BCUT2D eigenvalue weighted by atomic mass is 10.1. The second kappa shape index (κ2) is 12.3. The highest BCUT2D eigenvalue weighted by Crippen LogP contribution is 2.11. The van der Waals surface area contributed by atoms with E-state index in [4.69, 9.17) is 16.3 Å². The number of halogens is 2. The average Bonchev–Trinajstić information content (AvgIpc) is 2.69. The minimum atomic E-state index is 0. The molecule has 0 atom stereocenters. The molecule has 0 amide bonds. The summed E-state index contributed by atoms with van der Waals surface area (Å²) < 4.78 is 5.42. The Balaban J connectivity index is 0.00000280. The molecular formula is C21H28ClIN4O. The maximum atomic E-state index is 6.04. The molecule has 152 valence electrons. The van der Waals surface area contributed by atoms with Crippen LogP contribution in [-0.4, -0.2) is 44.2 Å². The summed E-state index contributed by atoms with van der Waals surface area (Å²) in [6.07, 6.45) is 0. The van der Waals surface area contributed by atoms with Gasteiger partial charge in [-0.15, -0.1) is 24.0 Å². The van der Waals surface area contributed by atoms with Crippen LogP contribution in [0.2, 0.25) is 5.02 Å². The molecule has 1 aliphatic rings. The topological polar surface area (TPSA) is 48.9 Å². The quantitative estimate of drug-likeness (QED) is 0.351. The van der Waals surface area contributed by atoms with Crippen molar-refractivity contribution in [2.24, 2.45) is 4.99 Å². The molecule has 2 aromatic rings. The predicted molar refractivity (Wildman–Crippen MR) is 126 cm³/mol. The molecular weight excluding hydrogens is 487 g/mol. The van der Waals surface area contributed by atoms with Crippen LogP contribution in [-0.2, 0) is 24.4 Å². The molecule has 1 fully saturated rings. The van der Waals surface area contributed by atoms with Gasteiger partial charge >= 0.3 is 0 Å². The van der Waals surface area contributed by atoms with Crippen LogP contribution in [0.3, 0.4) is 0 Å². The van der Waals surface area contributed by atoms with Crippen LogP contribution in [0.4, 0.5) is 0 Å². The normalized spacial score (nSPS) is 15.0. The van der Waals surface area contributed by atoms with Gasteiger partial charge in [0.1, 0.15) is 0 Å². The van der Waals surface area contributed by atoms with Gasteiger partial charge in [0.2, 0.25) is 0 Å². The van der Waals surface area contributed by atoms with Crippen LogP contribution in [0.25, 0.3) is 0 Å². The van der Waals surface area contributed by atoms with Gasteiger partial charge in [-0.3, -0.25) is 9.89 Å². The Morgan fingerprint density at radius 2 is 1.61 bits per heavy atom. The van der Waals surface area contributed by atoms with Crippen LogP contribution in [0.15, 0.2) is 53.5 Å². The van der Waals surface area contributed by atoms with Gasteiger partial charge in [0.25, 0.3) is 0 Å². The Hall–Kier alpha value is -1.35. The molecule has 0 aliphatic carbocycles. The summed E-state index contributed by atoms with van der Waals surface area (Å²) in [6.45, 7) is 6.04. The van der Waals surface area contributed by atoms with E-state index in [2.05, 4.69) is 44.8 Å². The van der Waals surface area contributed by atoms with Gasteiger partial charge < -0.3 is 15.4 Å². The number of nitrogens with one attached hydrogen (secondary N) is 2. The molecule has 0 bridgehead atoms. The second-order valence-electron chi connectivity index (χ2n) is 6.62. The molecule has 5 nitrogen and oxygen atoms in total. The van der Waals surface area contributed by atoms with Gasteiger partial charge in [0.05, 0.1) is 13.2 Å². The number of nitrogens with zero attached hydrogens (tertiary/aromatic N) is 2. The Morgan fingerprint density at radius 3 is 2.25 bits per heavy atom. The molecule has 1 heterocycles. The Bertz CT molecular complexity index is 766.